The van der Waals surface area contributed by atoms with Crippen molar-refractivity contribution in [1.29, 1.82) is 0 Å². The number of rotatable bonds is 3. The molecule has 0 unspecified atom stereocenters. The Morgan fingerprint density at radius 3 is 2.59 bits per heavy atom. The molecule has 1 aromatic carbocycles. The van der Waals surface area contributed by atoms with E-state index in [1.807, 2.05) is 12.2 Å². The first-order chi connectivity index (χ1) is 12.8. The van der Waals surface area contributed by atoms with E-state index in [0.717, 1.165) is 41.1 Å². The van der Waals surface area contributed by atoms with Gasteiger partial charge in [0.15, 0.2) is 5.69 Å². The number of carboxylic acid groups (broad SMARTS) is 1. The zero-order valence-corrected chi connectivity index (χ0v) is 14.5. The third-order valence-corrected chi connectivity index (χ3v) is 5.05. The molecule has 3 aromatic rings. The minimum atomic E-state index is -4.40. The van der Waals surface area contributed by atoms with E-state index in [-0.39, 0.29) is 5.69 Å². The number of halogens is 3. The lowest BCUT2D eigenvalue weighted by atomic mass is 9.98. The quantitative estimate of drug-likeness (QED) is 0.704. The molecule has 1 aliphatic carbocycles. The molecule has 0 radical (unpaired) electrons. The number of aromatic nitrogens is 3. The standard InChI is InChI=1S/C18H12F3N3O2S/c19-18(20,21)11-7-5-10(6-8-11)15-12-3-1-2-4-14(12)24(23-15)17-22-13(9-27-17)16(25)26/h1,3,5-9H,2,4H2,(H,25,26). The molecule has 2 aromatic heterocycles. The number of hydrogen-bond acceptors (Lipinski definition) is 4. The lowest BCUT2D eigenvalue weighted by Crippen LogP contribution is -2.05. The predicted molar refractivity (Wildman–Crippen MR) is 94.0 cm³/mol. The Morgan fingerprint density at radius 2 is 1.96 bits per heavy atom. The third kappa shape index (κ3) is 3.14. The van der Waals surface area contributed by atoms with Crippen LogP contribution in [0.3, 0.4) is 0 Å². The fraction of sp³-hybridized carbons (Fsp3) is 0.167. The van der Waals surface area contributed by atoms with Gasteiger partial charge in [-0.25, -0.2) is 14.5 Å². The van der Waals surface area contributed by atoms with Gasteiger partial charge in [-0.3, -0.25) is 0 Å². The lowest BCUT2D eigenvalue weighted by Gasteiger charge is -2.09. The highest BCUT2D eigenvalue weighted by Gasteiger charge is 2.30. The average molecular weight is 391 g/mol. The lowest BCUT2D eigenvalue weighted by molar-refractivity contribution is -0.137. The van der Waals surface area contributed by atoms with Crippen LogP contribution in [-0.4, -0.2) is 25.8 Å². The average Bonchev–Trinajstić information content (AvgIpc) is 3.26. The van der Waals surface area contributed by atoms with Gasteiger partial charge in [0.05, 0.1) is 11.3 Å². The molecule has 1 N–H and O–H groups in total. The molecule has 138 valence electrons. The van der Waals surface area contributed by atoms with Crippen molar-refractivity contribution in [1.82, 2.24) is 14.8 Å². The van der Waals surface area contributed by atoms with Crippen LogP contribution in [0.25, 0.3) is 22.5 Å². The highest BCUT2D eigenvalue weighted by Crippen LogP contribution is 2.35. The van der Waals surface area contributed by atoms with Crippen LogP contribution in [0.4, 0.5) is 13.2 Å². The van der Waals surface area contributed by atoms with Gasteiger partial charge in [0.2, 0.25) is 5.13 Å². The van der Waals surface area contributed by atoms with Gasteiger partial charge < -0.3 is 5.11 Å². The van der Waals surface area contributed by atoms with Gasteiger partial charge in [-0.2, -0.15) is 18.3 Å². The second-order valence-corrected chi connectivity index (χ2v) is 6.79. The minimum Gasteiger partial charge on any atom is -0.476 e. The Hall–Kier alpha value is -2.94. The second kappa shape index (κ2) is 6.34. The van der Waals surface area contributed by atoms with Crippen molar-refractivity contribution in [2.45, 2.75) is 19.0 Å². The van der Waals surface area contributed by atoms with Crippen LogP contribution in [0.15, 0.2) is 35.7 Å². The Morgan fingerprint density at radius 1 is 1.22 bits per heavy atom. The number of hydrogen-bond donors (Lipinski definition) is 1. The van der Waals surface area contributed by atoms with Gasteiger partial charge in [0.1, 0.15) is 5.69 Å². The van der Waals surface area contributed by atoms with Crippen LogP contribution in [0, 0.1) is 0 Å². The number of fused-ring (bicyclic) bond motifs is 1. The molecule has 0 fully saturated rings. The fourth-order valence-corrected chi connectivity index (χ4v) is 3.72. The molecule has 1 aliphatic rings. The van der Waals surface area contributed by atoms with E-state index in [1.54, 1.807) is 4.68 Å². The summed E-state index contributed by atoms with van der Waals surface area (Å²) in [5, 5.41) is 15.5. The van der Waals surface area contributed by atoms with E-state index in [1.165, 1.54) is 17.5 Å². The van der Waals surface area contributed by atoms with E-state index < -0.39 is 17.7 Å². The maximum Gasteiger partial charge on any atom is 0.416 e. The summed E-state index contributed by atoms with van der Waals surface area (Å²) < 4.78 is 40.0. The van der Waals surface area contributed by atoms with Gasteiger partial charge in [-0.1, -0.05) is 24.3 Å². The van der Waals surface area contributed by atoms with Crippen molar-refractivity contribution in [3.05, 3.63) is 58.2 Å². The molecule has 9 heteroatoms. The molecule has 0 bridgehead atoms. The summed E-state index contributed by atoms with van der Waals surface area (Å²) in [5.74, 6) is -1.12. The first-order valence-electron chi connectivity index (χ1n) is 8.00. The van der Waals surface area contributed by atoms with E-state index in [4.69, 9.17) is 5.11 Å². The van der Waals surface area contributed by atoms with Crippen LogP contribution in [0.2, 0.25) is 0 Å². The van der Waals surface area contributed by atoms with Crippen LogP contribution in [0.1, 0.15) is 33.7 Å². The van der Waals surface area contributed by atoms with Crippen LogP contribution < -0.4 is 0 Å². The summed E-state index contributed by atoms with van der Waals surface area (Å²) in [5.41, 5.74) is 1.98. The molecule has 0 saturated heterocycles. The molecule has 0 amide bonds. The number of benzene rings is 1. The van der Waals surface area contributed by atoms with E-state index in [9.17, 15) is 18.0 Å². The van der Waals surface area contributed by atoms with E-state index >= 15 is 0 Å². The highest BCUT2D eigenvalue weighted by atomic mass is 32.1. The monoisotopic (exact) mass is 391 g/mol. The molecule has 2 heterocycles. The molecule has 0 atom stereocenters. The number of aromatic carboxylic acids is 1. The molecular formula is C18H12F3N3O2S. The molecule has 0 aliphatic heterocycles. The minimum absolute atomic E-state index is 0.0679. The van der Waals surface area contributed by atoms with Gasteiger partial charge in [0, 0.05) is 16.5 Å². The Balaban J connectivity index is 1.81. The molecule has 0 spiro atoms. The van der Waals surface area contributed by atoms with Crippen molar-refractivity contribution in [2.24, 2.45) is 0 Å². The summed E-state index contributed by atoms with van der Waals surface area (Å²) in [6.45, 7) is 0. The summed E-state index contributed by atoms with van der Waals surface area (Å²) in [7, 11) is 0. The fourth-order valence-electron chi connectivity index (χ4n) is 2.95. The summed E-state index contributed by atoms with van der Waals surface area (Å²) >= 11 is 1.15. The van der Waals surface area contributed by atoms with E-state index in [2.05, 4.69) is 10.1 Å². The first kappa shape index (κ1) is 17.5. The Bertz CT molecular complexity index is 1050. The largest absolute Gasteiger partial charge is 0.476 e. The SMILES string of the molecule is O=C(O)c1csc(-n2nc(-c3ccc(C(F)(F)F)cc3)c3c2CCC=C3)n1. The Labute approximate surface area is 155 Å². The molecular weight excluding hydrogens is 379 g/mol. The number of carbonyl (C=O) groups is 1. The zero-order valence-electron chi connectivity index (χ0n) is 13.7. The number of alkyl halides is 3. The van der Waals surface area contributed by atoms with Crippen LogP contribution in [0.5, 0.6) is 0 Å². The molecule has 5 nitrogen and oxygen atoms in total. The van der Waals surface area contributed by atoms with E-state index in [0.29, 0.717) is 22.8 Å². The molecule has 27 heavy (non-hydrogen) atoms. The summed E-state index contributed by atoms with van der Waals surface area (Å²) in [6, 6.07) is 4.84. The first-order valence-corrected chi connectivity index (χ1v) is 8.88. The maximum atomic E-state index is 12.8. The van der Waals surface area contributed by atoms with Crippen molar-refractivity contribution < 1.29 is 23.1 Å². The molecule has 4 rings (SSSR count). The zero-order chi connectivity index (χ0) is 19.2. The van der Waals surface area contributed by atoms with Gasteiger partial charge in [-0.15, -0.1) is 11.3 Å². The highest BCUT2D eigenvalue weighted by molar-refractivity contribution is 7.12. The van der Waals surface area contributed by atoms with Gasteiger partial charge in [0.25, 0.3) is 0 Å². The smallest absolute Gasteiger partial charge is 0.416 e. The van der Waals surface area contributed by atoms with Crippen molar-refractivity contribution >= 4 is 23.4 Å². The number of carboxylic acids is 1. The number of thiazole rings is 1. The van der Waals surface area contributed by atoms with Crippen molar-refractivity contribution in [3.8, 4) is 16.4 Å². The maximum absolute atomic E-state index is 12.8. The van der Waals surface area contributed by atoms with Gasteiger partial charge in [-0.05, 0) is 25.0 Å². The second-order valence-electron chi connectivity index (χ2n) is 5.96. The third-order valence-electron chi connectivity index (χ3n) is 4.23. The summed E-state index contributed by atoms with van der Waals surface area (Å²) in [4.78, 5) is 15.2. The topological polar surface area (TPSA) is 68.0 Å². The van der Waals surface area contributed by atoms with Crippen molar-refractivity contribution in [3.63, 3.8) is 0 Å². The van der Waals surface area contributed by atoms with Crippen molar-refractivity contribution in [2.75, 3.05) is 0 Å². The normalized spacial score (nSPS) is 13.6. The van der Waals surface area contributed by atoms with Crippen LogP contribution in [-0.2, 0) is 12.6 Å². The van der Waals surface area contributed by atoms with Gasteiger partial charge >= 0.3 is 12.1 Å². The number of nitrogens with zero attached hydrogens (tertiary/aromatic N) is 3. The molecule has 0 saturated carbocycles. The Kier molecular flexibility index (Phi) is 4.11. The number of allylic oxidation sites excluding steroid dienone is 1. The predicted octanol–water partition coefficient (Wildman–Crippen LogP) is 4.67. The van der Waals surface area contributed by atoms with Crippen LogP contribution >= 0.6 is 11.3 Å². The summed E-state index contributed by atoms with van der Waals surface area (Å²) in [6.07, 6.45) is 0.947.